The zero-order chi connectivity index (χ0) is 22.9. The number of para-hydroxylation sites is 4. The molecule has 3 heterocycles. The fourth-order valence-electron chi connectivity index (χ4n) is 5.24. The molecule has 3 aromatic heterocycles. The third-order valence-electron chi connectivity index (χ3n) is 6.82. The second-order valence-electron chi connectivity index (χ2n) is 8.82. The van der Waals surface area contributed by atoms with Crippen molar-refractivity contribution in [3.8, 4) is 17.1 Å². The first-order chi connectivity index (χ1) is 17.3. The van der Waals surface area contributed by atoms with Gasteiger partial charge < -0.3 is 4.42 Å². The minimum Gasteiger partial charge on any atom is -0.455 e. The summed E-state index contributed by atoms with van der Waals surface area (Å²) in [5.74, 6) is 0.884. The molecular weight excluding hydrogens is 448 g/mol. The van der Waals surface area contributed by atoms with Crippen molar-refractivity contribution in [1.82, 2.24) is 9.55 Å². The predicted molar refractivity (Wildman–Crippen MR) is 147 cm³/mol. The first kappa shape index (κ1) is 19.0. The van der Waals surface area contributed by atoms with Crippen molar-refractivity contribution in [2.45, 2.75) is 0 Å². The molecule has 35 heavy (non-hydrogen) atoms. The van der Waals surface area contributed by atoms with Crippen LogP contribution in [-0.2, 0) is 0 Å². The van der Waals surface area contributed by atoms with Crippen LogP contribution in [0.15, 0.2) is 114 Å². The highest BCUT2D eigenvalue weighted by atomic mass is 32.1. The van der Waals surface area contributed by atoms with Gasteiger partial charge >= 0.3 is 0 Å². The molecule has 0 saturated heterocycles. The van der Waals surface area contributed by atoms with Crippen molar-refractivity contribution in [3.05, 3.63) is 109 Å². The highest BCUT2D eigenvalue weighted by Gasteiger charge is 2.20. The number of hydrogen-bond donors (Lipinski definition) is 0. The number of nitrogens with zero attached hydrogens (tertiary/aromatic N) is 2. The van der Waals surface area contributed by atoms with Crippen LogP contribution in [0.3, 0.4) is 0 Å². The number of benzene rings is 5. The molecular formula is C31H18N2OS. The van der Waals surface area contributed by atoms with Gasteiger partial charge in [-0.25, -0.2) is 4.98 Å². The van der Waals surface area contributed by atoms with E-state index in [1.165, 1.54) is 20.2 Å². The standard InChI is InChI=1S/C31H18N2OS/c1-5-14-27-20(8-1)22-10-7-11-23(30(22)34-27)31-32-25-12-3-4-13-26(25)33(31)19-16-17-29-24(18-19)21-9-2-6-15-28(21)35-29/h1-18H. The molecule has 0 amide bonds. The van der Waals surface area contributed by atoms with Crippen LogP contribution in [0, 0.1) is 0 Å². The van der Waals surface area contributed by atoms with Crippen molar-refractivity contribution in [2.24, 2.45) is 0 Å². The van der Waals surface area contributed by atoms with Gasteiger partial charge in [0.2, 0.25) is 0 Å². The van der Waals surface area contributed by atoms with Gasteiger partial charge in [0.05, 0.1) is 16.6 Å². The second-order valence-corrected chi connectivity index (χ2v) is 9.90. The Bertz CT molecular complexity index is 2080. The van der Waals surface area contributed by atoms with Crippen LogP contribution in [0.1, 0.15) is 0 Å². The normalized spacial score (nSPS) is 12.0. The fraction of sp³-hybridized carbons (Fsp3) is 0. The summed E-state index contributed by atoms with van der Waals surface area (Å²) >= 11 is 1.84. The van der Waals surface area contributed by atoms with Crippen LogP contribution < -0.4 is 0 Å². The summed E-state index contributed by atoms with van der Waals surface area (Å²) in [5, 5.41) is 4.79. The second kappa shape index (κ2) is 7.05. The Morgan fingerprint density at radius 1 is 0.629 bits per heavy atom. The molecule has 0 atom stereocenters. The van der Waals surface area contributed by atoms with Gasteiger partial charge in [-0.15, -0.1) is 11.3 Å². The summed E-state index contributed by atoms with van der Waals surface area (Å²) in [6, 6.07) is 38.2. The first-order valence-corrected chi connectivity index (χ1v) is 12.5. The van der Waals surface area contributed by atoms with E-state index in [9.17, 15) is 0 Å². The van der Waals surface area contributed by atoms with Gasteiger partial charge in [0.15, 0.2) is 0 Å². The Morgan fingerprint density at radius 2 is 1.40 bits per heavy atom. The molecule has 5 aromatic carbocycles. The van der Waals surface area contributed by atoms with Crippen molar-refractivity contribution in [3.63, 3.8) is 0 Å². The van der Waals surface area contributed by atoms with Gasteiger partial charge in [0, 0.05) is 36.6 Å². The van der Waals surface area contributed by atoms with E-state index in [4.69, 9.17) is 9.40 Å². The van der Waals surface area contributed by atoms with Gasteiger partial charge in [-0.2, -0.15) is 0 Å². The van der Waals surface area contributed by atoms with E-state index in [0.29, 0.717) is 0 Å². The molecule has 0 bridgehead atoms. The van der Waals surface area contributed by atoms with Crippen molar-refractivity contribution in [1.29, 1.82) is 0 Å². The van der Waals surface area contributed by atoms with E-state index in [1.54, 1.807) is 0 Å². The lowest BCUT2D eigenvalue weighted by molar-refractivity contribution is 0.669. The van der Waals surface area contributed by atoms with Gasteiger partial charge in [0.1, 0.15) is 17.0 Å². The predicted octanol–water partition coefficient (Wildman–Crippen LogP) is 8.96. The van der Waals surface area contributed by atoms with Crippen molar-refractivity contribution in [2.75, 3.05) is 0 Å². The van der Waals surface area contributed by atoms with E-state index < -0.39 is 0 Å². The Kier molecular flexibility index (Phi) is 3.82. The summed E-state index contributed by atoms with van der Waals surface area (Å²) in [7, 11) is 0. The SMILES string of the molecule is c1ccc2c(c1)nc(-c1cccc3c1oc1ccccc13)n2-c1ccc2sc3ccccc3c2c1. The van der Waals surface area contributed by atoms with Gasteiger partial charge in [-0.05, 0) is 48.5 Å². The maximum atomic E-state index is 6.39. The molecule has 3 nitrogen and oxygen atoms in total. The zero-order valence-electron chi connectivity index (χ0n) is 18.6. The number of aromatic nitrogens is 2. The molecule has 0 radical (unpaired) electrons. The molecule has 0 saturated carbocycles. The third-order valence-corrected chi connectivity index (χ3v) is 7.98. The average molecular weight is 467 g/mol. The summed E-state index contributed by atoms with van der Waals surface area (Å²) < 4.78 is 11.3. The van der Waals surface area contributed by atoms with Crippen molar-refractivity contribution >= 4 is 64.5 Å². The highest BCUT2D eigenvalue weighted by molar-refractivity contribution is 7.25. The van der Waals surface area contributed by atoms with Crippen LogP contribution in [0.4, 0.5) is 0 Å². The number of thiophene rings is 1. The number of hydrogen-bond acceptors (Lipinski definition) is 3. The molecule has 0 N–H and O–H groups in total. The number of furan rings is 1. The maximum Gasteiger partial charge on any atom is 0.149 e. The van der Waals surface area contributed by atoms with E-state index >= 15 is 0 Å². The van der Waals surface area contributed by atoms with Crippen LogP contribution in [0.5, 0.6) is 0 Å². The van der Waals surface area contributed by atoms with E-state index in [2.05, 4.69) is 95.6 Å². The number of imidazole rings is 1. The molecule has 4 heteroatoms. The van der Waals surface area contributed by atoms with Gasteiger partial charge in [0.25, 0.3) is 0 Å². The Labute approximate surface area is 204 Å². The molecule has 8 aromatic rings. The molecule has 164 valence electrons. The summed E-state index contributed by atoms with van der Waals surface area (Å²) in [4.78, 5) is 5.12. The molecule has 0 fully saturated rings. The fourth-order valence-corrected chi connectivity index (χ4v) is 6.33. The van der Waals surface area contributed by atoms with Gasteiger partial charge in [-0.3, -0.25) is 4.57 Å². The number of rotatable bonds is 2. The van der Waals surface area contributed by atoms with Gasteiger partial charge in [-0.1, -0.05) is 60.7 Å². The van der Waals surface area contributed by atoms with E-state index in [-0.39, 0.29) is 0 Å². The molecule has 0 aliphatic rings. The molecule has 0 unspecified atom stereocenters. The highest BCUT2D eigenvalue weighted by Crippen LogP contribution is 2.39. The first-order valence-electron chi connectivity index (χ1n) is 11.6. The van der Waals surface area contributed by atoms with Crippen LogP contribution in [0.2, 0.25) is 0 Å². The summed E-state index contributed by atoms with van der Waals surface area (Å²) in [5.41, 5.74) is 5.89. The summed E-state index contributed by atoms with van der Waals surface area (Å²) in [6.07, 6.45) is 0. The Hall–Kier alpha value is -4.41. The molecule has 8 rings (SSSR count). The Morgan fingerprint density at radius 3 is 2.37 bits per heavy atom. The minimum absolute atomic E-state index is 0.868. The average Bonchev–Trinajstić information content (AvgIpc) is 3.59. The van der Waals surface area contributed by atoms with Crippen LogP contribution in [-0.4, -0.2) is 9.55 Å². The molecule has 0 spiro atoms. The largest absolute Gasteiger partial charge is 0.455 e. The van der Waals surface area contributed by atoms with Crippen LogP contribution >= 0.6 is 11.3 Å². The van der Waals surface area contributed by atoms with Crippen LogP contribution in [0.25, 0.3) is 70.2 Å². The lowest BCUT2D eigenvalue weighted by Gasteiger charge is -2.10. The molecule has 0 aliphatic carbocycles. The third kappa shape index (κ3) is 2.69. The van der Waals surface area contributed by atoms with E-state index in [0.717, 1.165) is 50.0 Å². The topological polar surface area (TPSA) is 31.0 Å². The van der Waals surface area contributed by atoms with Crippen molar-refractivity contribution < 1.29 is 4.42 Å². The number of fused-ring (bicyclic) bond motifs is 7. The maximum absolute atomic E-state index is 6.39. The zero-order valence-corrected chi connectivity index (χ0v) is 19.4. The summed E-state index contributed by atoms with van der Waals surface area (Å²) in [6.45, 7) is 0. The minimum atomic E-state index is 0.868. The van der Waals surface area contributed by atoms with E-state index in [1.807, 2.05) is 29.5 Å². The quantitative estimate of drug-likeness (QED) is 0.255. The monoisotopic (exact) mass is 466 g/mol. The Balaban J connectivity index is 1.47. The molecule has 0 aliphatic heterocycles. The lowest BCUT2D eigenvalue weighted by atomic mass is 10.1. The lowest BCUT2D eigenvalue weighted by Crippen LogP contribution is -1.97. The smallest absolute Gasteiger partial charge is 0.149 e.